The Balaban J connectivity index is 1.77. The van der Waals surface area contributed by atoms with Crippen LogP contribution in [-0.4, -0.2) is 16.4 Å². The molecule has 1 aliphatic rings. The summed E-state index contributed by atoms with van der Waals surface area (Å²) in [5.41, 5.74) is 3.85. The van der Waals surface area contributed by atoms with Crippen molar-refractivity contribution in [2.24, 2.45) is 0 Å². The van der Waals surface area contributed by atoms with E-state index in [0.717, 1.165) is 19.4 Å². The number of aryl methyl sites for hydroxylation is 1. The highest BCUT2D eigenvalue weighted by atomic mass is 16.5. The molecule has 1 saturated heterocycles. The molecule has 0 saturated carbocycles. The lowest BCUT2D eigenvalue weighted by molar-refractivity contribution is -0.0409. The Labute approximate surface area is 114 Å². The SMILES string of the molecule is Cc1ccc(Cc2ccnn2C2CCCCO2)cc1. The quantitative estimate of drug-likeness (QED) is 0.840. The van der Waals surface area contributed by atoms with Crippen molar-refractivity contribution in [1.29, 1.82) is 0 Å². The third-order valence-electron chi connectivity index (χ3n) is 3.69. The fourth-order valence-corrected chi connectivity index (χ4v) is 2.57. The molecule has 1 aromatic heterocycles. The lowest BCUT2D eigenvalue weighted by Crippen LogP contribution is -2.21. The normalized spacial score (nSPS) is 19.5. The van der Waals surface area contributed by atoms with Crippen molar-refractivity contribution in [3.63, 3.8) is 0 Å². The maximum absolute atomic E-state index is 5.82. The minimum atomic E-state index is 0.129. The first-order valence-corrected chi connectivity index (χ1v) is 7.02. The van der Waals surface area contributed by atoms with Gasteiger partial charge in [0.2, 0.25) is 0 Å². The predicted octanol–water partition coefficient (Wildman–Crippen LogP) is 3.48. The average Bonchev–Trinajstić information content (AvgIpc) is 2.90. The molecule has 1 aromatic carbocycles. The van der Waals surface area contributed by atoms with Crippen molar-refractivity contribution in [3.8, 4) is 0 Å². The zero-order valence-corrected chi connectivity index (χ0v) is 11.4. The van der Waals surface area contributed by atoms with Crippen molar-refractivity contribution >= 4 is 0 Å². The number of aromatic nitrogens is 2. The number of hydrogen-bond acceptors (Lipinski definition) is 2. The van der Waals surface area contributed by atoms with Crippen LogP contribution in [0.15, 0.2) is 36.5 Å². The number of nitrogens with zero attached hydrogens (tertiary/aromatic N) is 2. The van der Waals surface area contributed by atoms with E-state index < -0.39 is 0 Å². The molecule has 0 bridgehead atoms. The zero-order valence-electron chi connectivity index (χ0n) is 11.4. The second kappa shape index (κ2) is 5.57. The standard InChI is InChI=1S/C16H20N2O/c1-13-5-7-14(8-6-13)12-15-9-10-17-18(15)16-4-2-3-11-19-16/h5-10,16H,2-4,11-12H2,1H3. The van der Waals surface area contributed by atoms with Crippen molar-refractivity contribution in [2.45, 2.75) is 38.8 Å². The van der Waals surface area contributed by atoms with E-state index in [4.69, 9.17) is 4.74 Å². The summed E-state index contributed by atoms with van der Waals surface area (Å²) in [6.45, 7) is 2.97. The molecule has 3 nitrogen and oxygen atoms in total. The smallest absolute Gasteiger partial charge is 0.150 e. The van der Waals surface area contributed by atoms with Crippen LogP contribution in [-0.2, 0) is 11.2 Å². The van der Waals surface area contributed by atoms with Gasteiger partial charge in [0.1, 0.15) is 6.23 Å². The molecular formula is C16H20N2O. The maximum Gasteiger partial charge on any atom is 0.150 e. The van der Waals surface area contributed by atoms with Crippen LogP contribution in [0.25, 0.3) is 0 Å². The molecule has 2 aromatic rings. The number of ether oxygens (including phenoxy) is 1. The monoisotopic (exact) mass is 256 g/mol. The summed E-state index contributed by atoms with van der Waals surface area (Å²) < 4.78 is 7.87. The van der Waals surface area contributed by atoms with Gasteiger partial charge < -0.3 is 4.74 Å². The molecule has 3 rings (SSSR count). The first-order chi connectivity index (χ1) is 9.33. The molecular weight excluding hydrogens is 236 g/mol. The zero-order chi connectivity index (χ0) is 13.1. The van der Waals surface area contributed by atoms with E-state index in [0.29, 0.717) is 0 Å². The van der Waals surface area contributed by atoms with E-state index in [9.17, 15) is 0 Å². The third-order valence-corrected chi connectivity index (χ3v) is 3.69. The molecule has 0 N–H and O–H groups in total. The summed E-state index contributed by atoms with van der Waals surface area (Å²) in [7, 11) is 0. The van der Waals surface area contributed by atoms with Gasteiger partial charge in [-0.25, -0.2) is 4.68 Å². The fourth-order valence-electron chi connectivity index (χ4n) is 2.57. The summed E-state index contributed by atoms with van der Waals surface area (Å²) in [6, 6.07) is 10.8. The molecule has 100 valence electrons. The van der Waals surface area contributed by atoms with Crippen LogP contribution >= 0.6 is 0 Å². The Morgan fingerprint density at radius 2 is 2.05 bits per heavy atom. The Morgan fingerprint density at radius 1 is 1.21 bits per heavy atom. The van der Waals surface area contributed by atoms with Crippen molar-refractivity contribution in [2.75, 3.05) is 6.61 Å². The Morgan fingerprint density at radius 3 is 2.79 bits per heavy atom. The number of hydrogen-bond donors (Lipinski definition) is 0. The topological polar surface area (TPSA) is 27.1 Å². The minimum absolute atomic E-state index is 0.129. The Bertz CT molecular complexity index is 524. The summed E-state index contributed by atoms with van der Waals surface area (Å²) in [5.74, 6) is 0. The van der Waals surface area contributed by atoms with Crippen LogP contribution < -0.4 is 0 Å². The summed E-state index contributed by atoms with van der Waals surface area (Å²) in [5, 5.41) is 4.45. The van der Waals surface area contributed by atoms with Crippen LogP contribution in [0.4, 0.5) is 0 Å². The molecule has 1 unspecified atom stereocenters. The van der Waals surface area contributed by atoms with E-state index in [1.54, 1.807) is 0 Å². The van der Waals surface area contributed by atoms with Gasteiger partial charge in [-0.1, -0.05) is 29.8 Å². The largest absolute Gasteiger partial charge is 0.357 e. The number of benzene rings is 1. The van der Waals surface area contributed by atoms with Gasteiger partial charge in [0.05, 0.1) is 0 Å². The van der Waals surface area contributed by atoms with Crippen LogP contribution in [0.5, 0.6) is 0 Å². The molecule has 0 aliphatic carbocycles. The third kappa shape index (κ3) is 2.87. The van der Waals surface area contributed by atoms with Crippen LogP contribution in [0.1, 0.15) is 42.3 Å². The lowest BCUT2D eigenvalue weighted by Gasteiger charge is -2.24. The van der Waals surface area contributed by atoms with E-state index in [1.165, 1.54) is 29.7 Å². The first-order valence-electron chi connectivity index (χ1n) is 7.02. The molecule has 19 heavy (non-hydrogen) atoms. The molecule has 0 spiro atoms. The maximum atomic E-state index is 5.82. The Kier molecular flexibility index (Phi) is 3.65. The van der Waals surface area contributed by atoms with Crippen LogP contribution in [0.2, 0.25) is 0 Å². The second-order valence-electron chi connectivity index (χ2n) is 5.25. The summed E-state index contributed by atoms with van der Waals surface area (Å²) >= 11 is 0. The summed E-state index contributed by atoms with van der Waals surface area (Å²) in [6.07, 6.45) is 6.40. The second-order valence-corrected chi connectivity index (χ2v) is 5.25. The van der Waals surface area contributed by atoms with Gasteiger partial charge >= 0.3 is 0 Å². The van der Waals surface area contributed by atoms with Gasteiger partial charge in [0.25, 0.3) is 0 Å². The van der Waals surface area contributed by atoms with E-state index in [1.807, 2.05) is 6.20 Å². The van der Waals surface area contributed by atoms with Crippen molar-refractivity contribution in [1.82, 2.24) is 9.78 Å². The molecule has 0 amide bonds. The van der Waals surface area contributed by atoms with Crippen molar-refractivity contribution in [3.05, 3.63) is 53.3 Å². The molecule has 3 heteroatoms. The van der Waals surface area contributed by atoms with Gasteiger partial charge in [-0.15, -0.1) is 0 Å². The average molecular weight is 256 g/mol. The lowest BCUT2D eigenvalue weighted by atomic mass is 10.1. The van der Waals surface area contributed by atoms with E-state index in [-0.39, 0.29) is 6.23 Å². The number of rotatable bonds is 3. The highest BCUT2D eigenvalue weighted by Crippen LogP contribution is 2.24. The highest BCUT2D eigenvalue weighted by molar-refractivity contribution is 5.25. The summed E-state index contributed by atoms with van der Waals surface area (Å²) in [4.78, 5) is 0. The predicted molar refractivity (Wildman–Crippen MR) is 75.1 cm³/mol. The molecule has 0 radical (unpaired) electrons. The van der Waals surface area contributed by atoms with Crippen LogP contribution in [0.3, 0.4) is 0 Å². The fraction of sp³-hybridized carbons (Fsp3) is 0.438. The minimum Gasteiger partial charge on any atom is -0.357 e. The molecule has 1 fully saturated rings. The first kappa shape index (κ1) is 12.4. The molecule has 1 atom stereocenters. The van der Waals surface area contributed by atoms with E-state index >= 15 is 0 Å². The highest BCUT2D eigenvalue weighted by Gasteiger charge is 2.18. The van der Waals surface area contributed by atoms with E-state index in [2.05, 4.69) is 47.0 Å². The van der Waals surface area contributed by atoms with Crippen molar-refractivity contribution < 1.29 is 4.74 Å². The van der Waals surface area contributed by atoms with Gasteiger partial charge in [-0.3, -0.25) is 0 Å². The van der Waals surface area contributed by atoms with Gasteiger partial charge in [0, 0.05) is 24.9 Å². The van der Waals surface area contributed by atoms with Gasteiger partial charge in [0.15, 0.2) is 0 Å². The van der Waals surface area contributed by atoms with Gasteiger partial charge in [-0.05, 0) is 37.8 Å². The van der Waals surface area contributed by atoms with Crippen LogP contribution in [0, 0.1) is 6.92 Å². The molecule has 2 heterocycles. The van der Waals surface area contributed by atoms with Gasteiger partial charge in [-0.2, -0.15) is 5.10 Å². The Hall–Kier alpha value is -1.61. The molecule has 1 aliphatic heterocycles.